The maximum atomic E-state index is 13.1. The van der Waals surface area contributed by atoms with E-state index < -0.39 is 10.0 Å². The van der Waals surface area contributed by atoms with Crippen LogP contribution < -0.4 is 0 Å². The third-order valence-electron chi connectivity index (χ3n) is 4.45. The summed E-state index contributed by atoms with van der Waals surface area (Å²) in [6, 6.07) is 10.8. The Hall–Kier alpha value is -1.72. The number of sulfonamides is 1. The second kappa shape index (κ2) is 6.42. The van der Waals surface area contributed by atoms with Gasteiger partial charge in [-0.2, -0.15) is 4.31 Å². The van der Waals surface area contributed by atoms with E-state index in [1.165, 1.54) is 0 Å². The van der Waals surface area contributed by atoms with Gasteiger partial charge in [-0.1, -0.05) is 30.2 Å². The topological polar surface area (TPSA) is 50.3 Å². The zero-order chi connectivity index (χ0) is 16.4. The molecule has 0 N–H and O–H groups in total. The molecule has 0 spiro atoms. The number of aromatic nitrogens is 1. The molecule has 5 heteroatoms. The molecule has 1 saturated heterocycles. The Bertz CT molecular complexity index is 785. The SMILES string of the molecule is Cc1ccc(S(=O)(=O)N2CCCC[C@H]2c2ncccc2C)cc1. The van der Waals surface area contributed by atoms with Crippen LogP contribution in [0.1, 0.15) is 42.1 Å². The van der Waals surface area contributed by atoms with Gasteiger partial charge in [0.05, 0.1) is 16.6 Å². The summed E-state index contributed by atoms with van der Waals surface area (Å²) >= 11 is 0. The van der Waals surface area contributed by atoms with Crippen LogP contribution in [0, 0.1) is 13.8 Å². The van der Waals surface area contributed by atoms with Crippen molar-refractivity contribution in [1.29, 1.82) is 0 Å². The standard InChI is InChI=1S/C18H22N2O2S/c1-14-8-10-16(11-9-14)23(21,22)20-13-4-3-7-17(20)18-15(2)6-5-12-19-18/h5-6,8-12,17H,3-4,7,13H2,1-2H3/t17-/m0/s1. The number of aryl methyl sites for hydroxylation is 2. The van der Waals surface area contributed by atoms with E-state index in [0.29, 0.717) is 11.4 Å². The molecule has 2 aromatic rings. The van der Waals surface area contributed by atoms with Crippen molar-refractivity contribution >= 4 is 10.0 Å². The summed E-state index contributed by atoms with van der Waals surface area (Å²) in [7, 11) is -3.50. The maximum absolute atomic E-state index is 13.1. The normalized spacial score (nSPS) is 19.7. The molecule has 1 aromatic carbocycles. The molecule has 23 heavy (non-hydrogen) atoms. The maximum Gasteiger partial charge on any atom is 0.243 e. The molecule has 3 rings (SSSR count). The van der Waals surface area contributed by atoms with E-state index >= 15 is 0 Å². The summed E-state index contributed by atoms with van der Waals surface area (Å²) in [5, 5.41) is 0. The van der Waals surface area contributed by atoms with Gasteiger partial charge < -0.3 is 0 Å². The monoisotopic (exact) mass is 330 g/mol. The van der Waals surface area contributed by atoms with E-state index in [2.05, 4.69) is 4.98 Å². The van der Waals surface area contributed by atoms with Crippen LogP contribution in [0.5, 0.6) is 0 Å². The van der Waals surface area contributed by atoms with Gasteiger partial charge in [-0.25, -0.2) is 8.42 Å². The number of rotatable bonds is 3. The average molecular weight is 330 g/mol. The second-order valence-electron chi connectivity index (χ2n) is 6.15. The minimum absolute atomic E-state index is 0.170. The predicted octanol–water partition coefficient (Wildman–Crippen LogP) is 3.61. The lowest BCUT2D eigenvalue weighted by Gasteiger charge is -2.35. The third kappa shape index (κ3) is 3.16. The number of hydrogen-bond donors (Lipinski definition) is 0. The Morgan fingerprint density at radius 3 is 2.52 bits per heavy atom. The van der Waals surface area contributed by atoms with Gasteiger partial charge in [0.25, 0.3) is 0 Å². The number of nitrogens with zero attached hydrogens (tertiary/aromatic N) is 2. The lowest BCUT2D eigenvalue weighted by atomic mass is 9.99. The van der Waals surface area contributed by atoms with Crippen molar-refractivity contribution in [3.05, 3.63) is 59.4 Å². The largest absolute Gasteiger partial charge is 0.259 e. The molecule has 1 aromatic heterocycles. The fourth-order valence-electron chi connectivity index (χ4n) is 3.16. The third-order valence-corrected chi connectivity index (χ3v) is 6.37. The zero-order valence-corrected chi connectivity index (χ0v) is 14.4. The van der Waals surface area contributed by atoms with Gasteiger partial charge >= 0.3 is 0 Å². The van der Waals surface area contributed by atoms with Crippen molar-refractivity contribution in [1.82, 2.24) is 9.29 Å². The van der Waals surface area contributed by atoms with Crippen LogP contribution in [0.15, 0.2) is 47.5 Å². The molecule has 1 atom stereocenters. The van der Waals surface area contributed by atoms with E-state index in [1.54, 1.807) is 22.6 Å². The lowest BCUT2D eigenvalue weighted by Crippen LogP contribution is -2.39. The Morgan fingerprint density at radius 2 is 1.83 bits per heavy atom. The van der Waals surface area contributed by atoms with E-state index in [4.69, 9.17) is 0 Å². The van der Waals surface area contributed by atoms with Crippen LogP contribution in [0.4, 0.5) is 0 Å². The van der Waals surface area contributed by atoms with Gasteiger partial charge in [0, 0.05) is 12.7 Å². The first-order valence-electron chi connectivity index (χ1n) is 8.00. The van der Waals surface area contributed by atoms with Crippen molar-refractivity contribution in [2.75, 3.05) is 6.54 Å². The van der Waals surface area contributed by atoms with Crippen LogP contribution in [0.25, 0.3) is 0 Å². The van der Waals surface area contributed by atoms with E-state index in [9.17, 15) is 8.42 Å². The molecule has 2 heterocycles. The Morgan fingerprint density at radius 1 is 1.09 bits per heavy atom. The summed E-state index contributed by atoms with van der Waals surface area (Å²) in [6.45, 7) is 4.50. The summed E-state index contributed by atoms with van der Waals surface area (Å²) in [5.41, 5.74) is 2.98. The van der Waals surface area contributed by atoms with Crippen molar-refractivity contribution in [2.45, 2.75) is 44.0 Å². The minimum atomic E-state index is -3.50. The number of hydrogen-bond acceptors (Lipinski definition) is 3. The van der Waals surface area contributed by atoms with Gasteiger partial charge in [-0.3, -0.25) is 4.98 Å². The molecular weight excluding hydrogens is 308 g/mol. The first-order chi connectivity index (χ1) is 11.0. The van der Waals surface area contributed by atoms with E-state index in [0.717, 1.165) is 36.1 Å². The smallest absolute Gasteiger partial charge is 0.243 e. The van der Waals surface area contributed by atoms with Crippen molar-refractivity contribution in [2.24, 2.45) is 0 Å². The molecular formula is C18H22N2O2S. The van der Waals surface area contributed by atoms with Crippen LogP contribution in [0.3, 0.4) is 0 Å². The van der Waals surface area contributed by atoms with Crippen molar-refractivity contribution in [3.8, 4) is 0 Å². The summed E-state index contributed by atoms with van der Waals surface area (Å²) < 4.78 is 27.8. The van der Waals surface area contributed by atoms with Crippen molar-refractivity contribution < 1.29 is 8.42 Å². The molecule has 0 radical (unpaired) electrons. The molecule has 4 nitrogen and oxygen atoms in total. The molecule has 122 valence electrons. The summed E-state index contributed by atoms with van der Waals surface area (Å²) in [6.07, 6.45) is 4.49. The van der Waals surface area contributed by atoms with Crippen LogP contribution in [-0.4, -0.2) is 24.3 Å². The van der Waals surface area contributed by atoms with Gasteiger partial charge in [0.15, 0.2) is 0 Å². The molecule has 0 bridgehead atoms. The van der Waals surface area contributed by atoms with Gasteiger partial charge in [0.2, 0.25) is 10.0 Å². The van der Waals surface area contributed by atoms with E-state index in [-0.39, 0.29) is 6.04 Å². The Balaban J connectivity index is 2.01. The fraction of sp³-hybridized carbons (Fsp3) is 0.389. The van der Waals surface area contributed by atoms with Crippen molar-refractivity contribution in [3.63, 3.8) is 0 Å². The highest BCUT2D eigenvalue weighted by atomic mass is 32.2. The number of pyridine rings is 1. The Labute approximate surface area is 138 Å². The fourth-order valence-corrected chi connectivity index (χ4v) is 4.82. The van der Waals surface area contributed by atoms with Gasteiger partial charge in [-0.15, -0.1) is 0 Å². The van der Waals surface area contributed by atoms with E-state index in [1.807, 2.05) is 38.1 Å². The minimum Gasteiger partial charge on any atom is -0.259 e. The molecule has 0 saturated carbocycles. The Kier molecular flexibility index (Phi) is 4.50. The predicted molar refractivity (Wildman–Crippen MR) is 90.6 cm³/mol. The highest BCUT2D eigenvalue weighted by Gasteiger charge is 2.35. The van der Waals surface area contributed by atoms with Crippen LogP contribution in [0.2, 0.25) is 0 Å². The summed E-state index contributed by atoms with van der Waals surface area (Å²) in [4.78, 5) is 4.83. The molecule has 1 aliphatic rings. The average Bonchev–Trinajstić information content (AvgIpc) is 2.56. The first kappa shape index (κ1) is 16.1. The molecule has 0 unspecified atom stereocenters. The summed E-state index contributed by atoms with van der Waals surface area (Å²) in [5.74, 6) is 0. The van der Waals surface area contributed by atoms with Crippen LogP contribution in [-0.2, 0) is 10.0 Å². The highest BCUT2D eigenvalue weighted by molar-refractivity contribution is 7.89. The number of piperidine rings is 1. The van der Waals surface area contributed by atoms with Gasteiger partial charge in [0.1, 0.15) is 0 Å². The zero-order valence-electron chi connectivity index (χ0n) is 13.6. The van der Waals surface area contributed by atoms with Gasteiger partial charge in [-0.05, 0) is 50.5 Å². The van der Waals surface area contributed by atoms with Crippen LogP contribution >= 0.6 is 0 Å². The number of benzene rings is 1. The second-order valence-corrected chi connectivity index (χ2v) is 8.04. The molecule has 0 aliphatic carbocycles. The first-order valence-corrected chi connectivity index (χ1v) is 9.44. The highest BCUT2D eigenvalue weighted by Crippen LogP contribution is 2.35. The lowest BCUT2D eigenvalue weighted by molar-refractivity contribution is 0.250. The molecule has 0 amide bonds. The molecule has 1 fully saturated rings. The quantitative estimate of drug-likeness (QED) is 0.864. The molecule has 1 aliphatic heterocycles.